The third-order valence-electron chi connectivity index (χ3n) is 4.56. The fraction of sp³-hybridized carbons (Fsp3) is 0.600. The van der Waals surface area contributed by atoms with Crippen molar-refractivity contribution in [3.8, 4) is 0 Å². The van der Waals surface area contributed by atoms with Crippen molar-refractivity contribution in [1.82, 2.24) is 10.3 Å². The van der Waals surface area contributed by atoms with E-state index in [2.05, 4.69) is 10.3 Å². The summed E-state index contributed by atoms with van der Waals surface area (Å²) < 4.78 is 33.4. The molecule has 3 rings (SSSR count). The first-order chi connectivity index (χ1) is 10.2. The van der Waals surface area contributed by atoms with E-state index in [4.69, 9.17) is 10.6 Å². The van der Waals surface area contributed by atoms with E-state index in [-0.39, 0.29) is 24.1 Å². The van der Waals surface area contributed by atoms with Crippen LogP contribution in [0.1, 0.15) is 18.4 Å². The number of nitrogens with one attached hydrogen (secondary N) is 1. The second-order valence-electron chi connectivity index (χ2n) is 5.84. The average Bonchev–Trinajstić information content (AvgIpc) is 2.94. The van der Waals surface area contributed by atoms with Crippen LogP contribution in [0.5, 0.6) is 0 Å². The van der Waals surface area contributed by atoms with Crippen LogP contribution in [0.25, 0.3) is 0 Å². The maximum atomic E-state index is 13.8. The van der Waals surface area contributed by atoms with Gasteiger partial charge in [-0.1, -0.05) is 6.07 Å². The minimum Gasteiger partial charge on any atom is -0.374 e. The minimum absolute atomic E-state index is 0.0626. The lowest BCUT2D eigenvalue weighted by Crippen LogP contribution is -2.56. The highest BCUT2D eigenvalue weighted by Crippen LogP contribution is 2.25. The number of halogens is 2. The number of nitrogens with zero attached hydrogens (tertiary/aromatic N) is 1. The molecule has 2 aliphatic rings. The molecule has 1 aromatic carbocycles. The van der Waals surface area contributed by atoms with Crippen LogP contribution >= 0.6 is 0 Å². The van der Waals surface area contributed by atoms with Crippen molar-refractivity contribution in [2.75, 3.05) is 19.7 Å². The average molecular weight is 297 g/mol. The van der Waals surface area contributed by atoms with Gasteiger partial charge in [0.1, 0.15) is 11.6 Å². The summed E-state index contributed by atoms with van der Waals surface area (Å²) in [4.78, 5) is 2.39. The highest BCUT2D eigenvalue weighted by Gasteiger charge is 2.36. The molecule has 21 heavy (non-hydrogen) atoms. The molecule has 0 radical (unpaired) electrons. The van der Waals surface area contributed by atoms with Gasteiger partial charge in [0.2, 0.25) is 0 Å². The van der Waals surface area contributed by atoms with Gasteiger partial charge in [-0.05, 0) is 37.9 Å². The van der Waals surface area contributed by atoms with Crippen LogP contribution in [0, 0.1) is 11.6 Å². The number of benzene rings is 1. The number of nitrogens with two attached hydrogens (primary N) is 1. The van der Waals surface area contributed by atoms with Gasteiger partial charge < -0.3 is 4.74 Å². The lowest BCUT2D eigenvalue weighted by molar-refractivity contribution is -0.0646. The zero-order chi connectivity index (χ0) is 14.8. The van der Waals surface area contributed by atoms with Crippen molar-refractivity contribution in [3.05, 3.63) is 35.4 Å². The number of hydrazine groups is 1. The van der Waals surface area contributed by atoms with Gasteiger partial charge in [0.05, 0.1) is 18.8 Å². The molecule has 1 aromatic rings. The third kappa shape index (κ3) is 3.08. The molecule has 0 aliphatic carbocycles. The molecular weight excluding hydrogens is 276 g/mol. The van der Waals surface area contributed by atoms with Crippen LogP contribution in [0.4, 0.5) is 8.78 Å². The Morgan fingerprint density at radius 2 is 2.14 bits per heavy atom. The molecule has 0 saturated carbocycles. The predicted octanol–water partition coefficient (Wildman–Crippen LogP) is 1.20. The highest BCUT2D eigenvalue weighted by atomic mass is 19.1. The van der Waals surface area contributed by atoms with E-state index in [1.807, 2.05) is 0 Å². The standard InChI is InChI=1S/C15H21F2N3O/c16-12-4-1-5-13(17)11(12)7-14(19-18)15-8-20-6-2-3-10(20)9-21-15/h1,4-5,10,14-15,19H,2-3,6-9,18H2. The van der Waals surface area contributed by atoms with E-state index < -0.39 is 11.6 Å². The van der Waals surface area contributed by atoms with E-state index >= 15 is 0 Å². The van der Waals surface area contributed by atoms with Crippen LogP contribution in [0.3, 0.4) is 0 Å². The molecule has 3 atom stereocenters. The van der Waals surface area contributed by atoms with Crippen LogP contribution in [0.2, 0.25) is 0 Å². The van der Waals surface area contributed by atoms with Crippen molar-refractivity contribution in [2.24, 2.45) is 5.84 Å². The Balaban J connectivity index is 1.70. The lowest BCUT2D eigenvalue weighted by atomic mass is 9.99. The molecule has 116 valence electrons. The zero-order valence-electron chi connectivity index (χ0n) is 11.9. The van der Waals surface area contributed by atoms with E-state index in [0.29, 0.717) is 12.6 Å². The summed E-state index contributed by atoms with van der Waals surface area (Å²) in [5.41, 5.74) is 2.73. The number of ether oxygens (including phenoxy) is 1. The van der Waals surface area contributed by atoms with Gasteiger partial charge in [-0.15, -0.1) is 0 Å². The second kappa shape index (κ2) is 6.36. The van der Waals surface area contributed by atoms with Gasteiger partial charge in [0, 0.05) is 18.2 Å². The monoisotopic (exact) mass is 297 g/mol. The molecule has 0 aromatic heterocycles. The SMILES string of the molecule is NNC(Cc1c(F)cccc1F)C1CN2CCCC2CO1. The summed E-state index contributed by atoms with van der Waals surface area (Å²) in [6.07, 6.45) is 2.38. The van der Waals surface area contributed by atoms with Crippen LogP contribution < -0.4 is 11.3 Å². The number of fused-ring (bicyclic) bond motifs is 1. The Morgan fingerprint density at radius 3 is 2.86 bits per heavy atom. The third-order valence-corrected chi connectivity index (χ3v) is 4.56. The molecular formula is C15H21F2N3O. The maximum absolute atomic E-state index is 13.8. The molecule has 0 spiro atoms. The van der Waals surface area contributed by atoms with Gasteiger partial charge in [-0.25, -0.2) is 8.78 Å². The van der Waals surface area contributed by atoms with Gasteiger partial charge in [-0.2, -0.15) is 0 Å². The Kier molecular flexibility index (Phi) is 4.49. The summed E-state index contributed by atoms with van der Waals surface area (Å²) in [5, 5.41) is 0. The second-order valence-corrected chi connectivity index (χ2v) is 5.84. The van der Waals surface area contributed by atoms with Crippen LogP contribution in [0.15, 0.2) is 18.2 Å². The number of rotatable bonds is 4. The number of hydrogen-bond acceptors (Lipinski definition) is 4. The van der Waals surface area contributed by atoms with Gasteiger partial charge >= 0.3 is 0 Å². The molecule has 0 bridgehead atoms. The van der Waals surface area contributed by atoms with Crippen molar-refractivity contribution in [3.63, 3.8) is 0 Å². The molecule has 2 heterocycles. The van der Waals surface area contributed by atoms with Gasteiger partial charge in [0.25, 0.3) is 0 Å². The number of hydrogen-bond donors (Lipinski definition) is 2. The van der Waals surface area contributed by atoms with E-state index in [9.17, 15) is 8.78 Å². The fourth-order valence-electron chi connectivity index (χ4n) is 3.33. The summed E-state index contributed by atoms with van der Waals surface area (Å²) >= 11 is 0. The molecule has 2 aliphatic heterocycles. The van der Waals surface area contributed by atoms with E-state index in [1.165, 1.54) is 24.6 Å². The van der Waals surface area contributed by atoms with E-state index in [1.54, 1.807) is 0 Å². The van der Waals surface area contributed by atoms with Crippen LogP contribution in [-0.4, -0.2) is 42.8 Å². The van der Waals surface area contributed by atoms with Gasteiger partial charge in [0.15, 0.2) is 0 Å². The summed E-state index contributed by atoms with van der Waals surface area (Å²) in [5.74, 6) is 4.52. The largest absolute Gasteiger partial charge is 0.374 e. The molecule has 2 fully saturated rings. The Hall–Kier alpha value is -1.08. The number of morpholine rings is 1. The topological polar surface area (TPSA) is 50.5 Å². The minimum atomic E-state index is -0.537. The maximum Gasteiger partial charge on any atom is 0.129 e. The molecule has 4 nitrogen and oxygen atoms in total. The molecule has 0 amide bonds. The van der Waals surface area contributed by atoms with Crippen molar-refractivity contribution in [2.45, 2.75) is 37.5 Å². The van der Waals surface area contributed by atoms with Gasteiger partial charge in [-0.3, -0.25) is 16.2 Å². The molecule has 3 N–H and O–H groups in total. The molecule has 6 heteroatoms. The predicted molar refractivity (Wildman–Crippen MR) is 75.5 cm³/mol. The quantitative estimate of drug-likeness (QED) is 0.648. The zero-order valence-corrected chi connectivity index (χ0v) is 11.9. The summed E-state index contributed by atoms with van der Waals surface area (Å²) in [7, 11) is 0. The van der Waals surface area contributed by atoms with Crippen molar-refractivity contribution >= 4 is 0 Å². The normalized spacial score (nSPS) is 27.6. The van der Waals surface area contributed by atoms with Crippen molar-refractivity contribution < 1.29 is 13.5 Å². The first-order valence-corrected chi connectivity index (χ1v) is 7.43. The Bertz CT molecular complexity index is 480. The first kappa shape index (κ1) is 14.8. The lowest BCUT2D eigenvalue weighted by Gasteiger charge is -2.38. The Morgan fingerprint density at radius 1 is 1.38 bits per heavy atom. The van der Waals surface area contributed by atoms with E-state index in [0.717, 1.165) is 19.5 Å². The Labute approximate surface area is 123 Å². The summed E-state index contributed by atoms with van der Waals surface area (Å²) in [6.45, 7) is 2.49. The summed E-state index contributed by atoms with van der Waals surface area (Å²) in [6, 6.07) is 4.09. The smallest absolute Gasteiger partial charge is 0.129 e. The molecule has 2 saturated heterocycles. The fourth-order valence-corrected chi connectivity index (χ4v) is 3.33. The first-order valence-electron chi connectivity index (χ1n) is 7.43. The van der Waals surface area contributed by atoms with Crippen molar-refractivity contribution in [1.29, 1.82) is 0 Å². The molecule has 3 unspecified atom stereocenters. The highest BCUT2D eigenvalue weighted by molar-refractivity contribution is 5.21. The van der Waals surface area contributed by atoms with Crippen LogP contribution in [-0.2, 0) is 11.2 Å².